The van der Waals surface area contributed by atoms with E-state index in [1.54, 1.807) is 7.11 Å². The number of allylic oxidation sites excluding steroid dienone is 1. The average Bonchev–Trinajstić information content (AvgIpc) is 3.61. The van der Waals surface area contributed by atoms with Crippen molar-refractivity contribution in [2.24, 2.45) is 0 Å². The summed E-state index contributed by atoms with van der Waals surface area (Å²) in [7, 11) is 1.67. The second-order valence-corrected chi connectivity index (χ2v) is 9.61. The fourth-order valence-electron chi connectivity index (χ4n) is 5.62. The number of amides is 1. The lowest BCUT2D eigenvalue weighted by molar-refractivity contribution is -0.129. The molecule has 6 heteroatoms. The van der Waals surface area contributed by atoms with E-state index in [2.05, 4.69) is 27.7 Å². The molecule has 0 N–H and O–H groups in total. The Labute approximate surface area is 207 Å². The Kier molecular flexibility index (Phi) is 7.07. The lowest BCUT2D eigenvalue weighted by Gasteiger charge is -2.24. The molecule has 3 aromatic rings. The van der Waals surface area contributed by atoms with Crippen LogP contribution in [-0.2, 0) is 11.3 Å². The van der Waals surface area contributed by atoms with Crippen molar-refractivity contribution in [3.05, 3.63) is 59.9 Å². The number of nitrogens with zero attached hydrogens (tertiary/aromatic N) is 3. The average molecular weight is 474 g/mol. The van der Waals surface area contributed by atoms with Gasteiger partial charge in [0, 0.05) is 31.5 Å². The molecule has 0 spiro atoms. The summed E-state index contributed by atoms with van der Waals surface area (Å²) in [5.74, 6) is 2.97. The number of carbonyl (C=O) groups excluding carboxylic acids is 1. The highest BCUT2D eigenvalue weighted by Gasteiger charge is 2.38. The van der Waals surface area contributed by atoms with Gasteiger partial charge in [-0.2, -0.15) is 0 Å². The first-order valence-electron chi connectivity index (χ1n) is 12.9. The monoisotopic (exact) mass is 473 g/mol. The summed E-state index contributed by atoms with van der Waals surface area (Å²) in [6.45, 7) is 4.16. The highest BCUT2D eigenvalue weighted by Crippen LogP contribution is 2.35. The van der Waals surface area contributed by atoms with Crippen LogP contribution in [0.2, 0.25) is 0 Å². The lowest BCUT2D eigenvalue weighted by atomic mass is 10.1. The Balaban J connectivity index is 1.29. The van der Waals surface area contributed by atoms with Gasteiger partial charge >= 0.3 is 0 Å². The molecule has 35 heavy (non-hydrogen) atoms. The van der Waals surface area contributed by atoms with Crippen LogP contribution in [0, 0.1) is 0 Å². The molecular formula is C29H35N3O3. The van der Waals surface area contributed by atoms with Gasteiger partial charge in [-0.25, -0.2) is 4.98 Å². The van der Waals surface area contributed by atoms with Crippen LogP contribution in [0.25, 0.3) is 17.1 Å². The Bertz CT molecular complexity index is 1210. The maximum absolute atomic E-state index is 12.9. The number of hydrogen-bond donors (Lipinski definition) is 0. The van der Waals surface area contributed by atoms with Crippen molar-refractivity contribution in [1.82, 2.24) is 14.5 Å². The topological polar surface area (TPSA) is 56.6 Å². The first kappa shape index (κ1) is 23.5. The van der Waals surface area contributed by atoms with Crippen LogP contribution in [0.4, 0.5) is 0 Å². The normalized spacial score (nSPS) is 18.9. The molecule has 1 atom stereocenters. The Morgan fingerprint density at radius 3 is 2.74 bits per heavy atom. The maximum atomic E-state index is 12.9. The molecule has 1 saturated heterocycles. The Hall–Kier alpha value is -3.28. The number of para-hydroxylation sites is 2. The molecule has 0 bridgehead atoms. The number of ether oxygens (including phenoxy) is 2. The molecule has 1 aromatic heterocycles. The number of benzene rings is 2. The van der Waals surface area contributed by atoms with Crippen molar-refractivity contribution in [1.29, 1.82) is 0 Å². The zero-order valence-electron chi connectivity index (χ0n) is 20.8. The van der Waals surface area contributed by atoms with Gasteiger partial charge in [-0.3, -0.25) is 4.79 Å². The SMILES string of the molecule is C/C=C/c1ccc(OCCCn2c(C3CC(=O)N(C4CCCC4)C3)nc3ccccc32)c(OC)c1. The molecule has 184 valence electrons. The van der Waals surface area contributed by atoms with Gasteiger partial charge in [-0.15, -0.1) is 0 Å². The third-order valence-corrected chi connectivity index (χ3v) is 7.30. The van der Waals surface area contributed by atoms with E-state index in [0.717, 1.165) is 66.3 Å². The van der Waals surface area contributed by atoms with Crippen LogP contribution in [0.1, 0.15) is 62.8 Å². The van der Waals surface area contributed by atoms with Crippen molar-refractivity contribution in [2.75, 3.05) is 20.3 Å². The quantitative estimate of drug-likeness (QED) is 0.368. The Morgan fingerprint density at radius 2 is 1.94 bits per heavy atom. The van der Waals surface area contributed by atoms with Crippen LogP contribution in [-0.4, -0.2) is 46.7 Å². The van der Waals surface area contributed by atoms with Crippen molar-refractivity contribution >= 4 is 23.0 Å². The summed E-state index contributed by atoms with van der Waals surface area (Å²) in [6.07, 6.45) is 10.2. The first-order chi connectivity index (χ1) is 17.2. The number of rotatable bonds is 9. The number of likely N-dealkylation sites (tertiary alicyclic amines) is 1. The van der Waals surface area contributed by atoms with Crippen LogP contribution < -0.4 is 9.47 Å². The molecule has 1 amide bonds. The number of imidazole rings is 1. The largest absolute Gasteiger partial charge is 0.493 e. The van der Waals surface area contributed by atoms with E-state index in [1.165, 1.54) is 12.8 Å². The van der Waals surface area contributed by atoms with Crippen molar-refractivity contribution in [3.63, 3.8) is 0 Å². The van der Waals surface area contributed by atoms with Gasteiger partial charge in [0.1, 0.15) is 5.82 Å². The van der Waals surface area contributed by atoms with Crippen molar-refractivity contribution in [3.8, 4) is 11.5 Å². The molecule has 5 rings (SSSR count). The second-order valence-electron chi connectivity index (χ2n) is 9.61. The zero-order chi connectivity index (χ0) is 24.2. The van der Waals surface area contributed by atoms with Gasteiger partial charge in [-0.05, 0) is 56.0 Å². The highest BCUT2D eigenvalue weighted by molar-refractivity contribution is 5.81. The fourth-order valence-corrected chi connectivity index (χ4v) is 5.62. The first-order valence-corrected chi connectivity index (χ1v) is 12.9. The van der Waals surface area contributed by atoms with Crippen LogP contribution in [0.3, 0.4) is 0 Å². The van der Waals surface area contributed by atoms with Gasteiger partial charge in [0.05, 0.1) is 24.8 Å². The number of hydrogen-bond acceptors (Lipinski definition) is 4. The number of fused-ring (bicyclic) bond motifs is 1. The highest BCUT2D eigenvalue weighted by atomic mass is 16.5. The smallest absolute Gasteiger partial charge is 0.223 e. The fraction of sp³-hybridized carbons (Fsp3) is 0.448. The number of aromatic nitrogens is 2. The summed E-state index contributed by atoms with van der Waals surface area (Å²) >= 11 is 0. The molecule has 6 nitrogen and oxygen atoms in total. The summed E-state index contributed by atoms with van der Waals surface area (Å²) < 4.78 is 13.9. The van der Waals surface area contributed by atoms with E-state index in [9.17, 15) is 4.79 Å². The van der Waals surface area contributed by atoms with Crippen molar-refractivity contribution in [2.45, 2.75) is 64.0 Å². The Morgan fingerprint density at radius 1 is 1.11 bits per heavy atom. The molecule has 1 saturated carbocycles. The molecule has 2 fully saturated rings. The van der Waals surface area contributed by atoms with Crippen LogP contribution in [0.15, 0.2) is 48.5 Å². The lowest BCUT2D eigenvalue weighted by Crippen LogP contribution is -2.34. The third-order valence-electron chi connectivity index (χ3n) is 7.30. The van der Waals surface area contributed by atoms with E-state index in [1.807, 2.05) is 43.3 Å². The predicted octanol–water partition coefficient (Wildman–Crippen LogP) is 5.81. The van der Waals surface area contributed by atoms with Gasteiger partial charge < -0.3 is 18.9 Å². The molecular weight excluding hydrogens is 438 g/mol. The molecule has 1 aliphatic heterocycles. The predicted molar refractivity (Wildman–Crippen MR) is 139 cm³/mol. The second kappa shape index (κ2) is 10.5. The van der Waals surface area contributed by atoms with Gasteiger partial charge in [0.2, 0.25) is 5.91 Å². The molecule has 2 aliphatic rings. The van der Waals surface area contributed by atoms with E-state index >= 15 is 0 Å². The van der Waals surface area contributed by atoms with E-state index in [0.29, 0.717) is 19.1 Å². The standard InChI is InChI=1S/C29H35N3O3/c1-3-9-21-14-15-26(27(18-21)34-2)35-17-8-16-31-25-13-7-6-12-24(25)30-29(31)22-19-28(33)32(20-22)23-10-4-5-11-23/h3,6-7,9,12-15,18,22-23H,4-5,8,10-11,16-17,19-20H2,1-2H3/b9-3+. The van der Waals surface area contributed by atoms with Crippen LogP contribution >= 0.6 is 0 Å². The number of aryl methyl sites for hydroxylation is 1. The summed E-state index contributed by atoms with van der Waals surface area (Å²) in [6, 6.07) is 14.7. The zero-order valence-corrected chi connectivity index (χ0v) is 20.8. The molecule has 1 aliphatic carbocycles. The summed E-state index contributed by atoms with van der Waals surface area (Å²) in [5, 5.41) is 0. The van der Waals surface area contributed by atoms with Gasteiger partial charge in [0.25, 0.3) is 0 Å². The summed E-state index contributed by atoms with van der Waals surface area (Å²) in [4.78, 5) is 20.0. The van der Waals surface area contributed by atoms with Crippen LogP contribution in [0.5, 0.6) is 11.5 Å². The van der Waals surface area contributed by atoms with Crippen molar-refractivity contribution < 1.29 is 14.3 Å². The molecule has 2 heterocycles. The number of methoxy groups -OCH3 is 1. The van der Waals surface area contributed by atoms with Gasteiger partial charge in [-0.1, -0.05) is 43.2 Å². The molecule has 0 radical (unpaired) electrons. The summed E-state index contributed by atoms with van der Waals surface area (Å²) in [5.41, 5.74) is 3.21. The van der Waals surface area contributed by atoms with E-state index < -0.39 is 0 Å². The van der Waals surface area contributed by atoms with Gasteiger partial charge in [0.15, 0.2) is 11.5 Å². The maximum Gasteiger partial charge on any atom is 0.223 e. The minimum atomic E-state index is 0.149. The minimum Gasteiger partial charge on any atom is -0.493 e. The minimum absolute atomic E-state index is 0.149. The molecule has 1 unspecified atom stereocenters. The third kappa shape index (κ3) is 4.93. The number of carbonyl (C=O) groups is 1. The van der Waals surface area contributed by atoms with E-state index in [-0.39, 0.29) is 11.8 Å². The van der Waals surface area contributed by atoms with E-state index in [4.69, 9.17) is 14.5 Å². The molecule has 2 aromatic carbocycles.